The van der Waals surface area contributed by atoms with E-state index in [9.17, 15) is 0 Å². The Balaban J connectivity index is 1.57. The smallest absolute Gasteiger partial charge is 0.147 e. The molecule has 1 fully saturated rings. The molecule has 0 saturated carbocycles. The predicted octanol–water partition coefficient (Wildman–Crippen LogP) is 4.01. The Hall–Kier alpha value is -2.33. The van der Waals surface area contributed by atoms with Gasteiger partial charge in [-0.3, -0.25) is 0 Å². The number of aromatic nitrogens is 1. The second-order valence-corrected chi connectivity index (χ2v) is 6.81. The first kappa shape index (κ1) is 15.2. The van der Waals surface area contributed by atoms with E-state index in [4.69, 9.17) is 9.83 Å². The summed E-state index contributed by atoms with van der Waals surface area (Å²) in [5.41, 5.74) is 4.24. The number of furan rings is 1. The number of likely N-dealkylation sites (tertiary alicyclic amines) is 1. The maximum atomic E-state index is 8.21. The molecule has 1 atom stereocenters. The van der Waals surface area contributed by atoms with Crippen molar-refractivity contribution in [3.63, 3.8) is 0 Å². The van der Waals surface area contributed by atoms with Crippen LogP contribution in [0.25, 0.3) is 10.9 Å². The molecule has 1 aliphatic rings. The van der Waals surface area contributed by atoms with E-state index in [-0.39, 0.29) is 0 Å². The molecular weight excluding hydrogens is 298 g/mol. The van der Waals surface area contributed by atoms with Gasteiger partial charge in [-0.1, -0.05) is 6.07 Å². The van der Waals surface area contributed by atoms with Crippen LogP contribution in [0.15, 0.2) is 47.2 Å². The lowest BCUT2D eigenvalue weighted by atomic mass is 10.00. The number of fused-ring (bicyclic) bond motifs is 1. The van der Waals surface area contributed by atoms with Crippen molar-refractivity contribution in [1.82, 2.24) is 9.88 Å². The van der Waals surface area contributed by atoms with Crippen molar-refractivity contribution in [2.45, 2.75) is 31.7 Å². The average molecular weight is 321 g/mol. The molecule has 124 valence electrons. The van der Waals surface area contributed by atoms with Crippen LogP contribution in [0.2, 0.25) is 0 Å². The van der Waals surface area contributed by atoms with Crippen molar-refractivity contribution < 1.29 is 4.42 Å². The van der Waals surface area contributed by atoms with E-state index in [1.807, 2.05) is 12.1 Å². The van der Waals surface area contributed by atoms with Crippen LogP contribution in [0.1, 0.15) is 29.7 Å². The van der Waals surface area contributed by atoms with E-state index in [0.29, 0.717) is 23.9 Å². The van der Waals surface area contributed by atoms with Crippen molar-refractivity contribution in [2.24, 2.45) is 0 Å². The summed E-state index contributed by atoms with van der Waals surface area (Å²) in [6.07, 6.45) is 8.04. The summed E-state index contributed by atoms with van der Waals surface area (Å²) in [5, 5.41) is 9.50. The minimum absolute atomic E-state index is 0.520. The summed E-state index contributed by atoms with van der Waals surface area (Å²) < 4.78 is 5.33. The third kappa shape index (κ3) is 2.89. The quantitative estimate of drug-likeness (QED) is 0.698. The van der Waals surface area contributed by atoms with Gasteiger partial charge in [0.25, 0.3) is 0 Å². The molecule has 0 amide bonds. The zero-order valence-electron chi connectivity index (χ0n) is 14.0. The first-order valence-electron chi connectivity index (χ1n) is 8.61. The molecule has 0 aliphatic carbocycles. The molecule has 4 heteroatoms. The molecule has 4 nitrogen and oxygen atoms in total. The Kier molecular flexibility index (Phi) is 3.98. The average Bonchev–Trinajstić information content (AvgIpc) is 3.31. The van der Waals surface area contributed by atoms with Gasteiger partial charge in [0.1, 0.15) is 5.76 Å². The maximum absolute atomic E-state index is 8.21. The van der Waals surface area contributed by atoms with Crippen LogP contribution >= 0.6 is 0 Å². The van der Waals surface area contributed by atoms with Crippen LogP contribution in [0.4, 0.5) is 0 Å². The second kappa shape index (κ2) is 6.29. The van der Waals surface area contributed by atoms with Gasteiger partial charge in [-0.2, -0.15) is 0 Å². The lowest BCUT2D eigenvalue weighted by molar-refractivity contribution is 0.310. The molecule has 1 saturated heterocycles. The second-order valence-electron chi connectivity index (χ2n) is 6.81. The van der Waals surface area contributed by atoms with E-state index in [2.05, 4.69) is 41.3 Å². The van der Waals surface area contributed by atoms with Gasteiger partial charge >= 0.3 is 0 Å². The third-order valence-electron chi connectivity index (χ3n) is 5.16. The Morgan fingerprint density at radius 1 is 1.38 bits per heavy atom. The van der Waals surface area contributed by atoms with Crippen LogP contribution in [0.3, 0.4) is 0 Å². The van der Waals surface area contributed by atoms with Gasteiger partial charge in [0.05, 0.1) is 12.0 Å². The van der Waals surface area contributed by atoms with Gasteiger partial charge < -0.3 is 19.7 Å². The minimum Gasteiger partial charge on any atom is -0.463 e. The van der Waals surface area contributed by atoms with Gasteiger partial charge in [-0.05, 0) is 68.2 Å². The van der Waals surface area contributed by atoms with Crippen molar-refractivity contribution in [3.05, 3.63) is 59.7 Å². The van der Waals surface area contributed by atoms with Crippen LogP contribution in [0, 0.1) is 5.41 Å². The Labute approximate surface area is 142 Å². The zero-order valence-corrected chi connectivity index (χ0v) is 14.0. The minimum atomic E-state index is 0.520. The van der Waals surface area contributed by atoms with Crippen molar-refractivity contribution in [2.75, 3.05) is 13.6 Å². The van der Waals surface area contributed by atoms with E-state index in [0.717, 1.165) is 12.0 Å². The first-order chi connectivity index (χ1) is 11.7. The number of nitrogens with zero attached hydrogens (tertiary/aromatic N) is 1. The number of hydrogen-bond acceptors (Lipinski definition) is 3. The van der Waals surface area contributed by atoms with Gasteiger partial charge in [-0.15, -0.1) is 0 Å². The lowest BCUT2D eigenvalue weighted by Crippen LogP contribution is -2.26. The molecule has 1 unspecified atom stereocenters. The molecular formula is C20H23N3O. The largest absolute Gasteiger partial charge is 0.463 e. The molecule has 1 aliphatic heterocycles. The molecule has 3 aromatic rings. The number of hydrogen-bond donors (Lipinski definition) is 2. The van der Waals surface area contributed by atoms with Crippen LogP contribution in [-0.2, 0) is 12.8 Å². The van der Waals surface area contributed by atoms with Crippen LogP contribution < -0.4 is 0 Å². The fourth-order valence-electron chi connectivity index (χ4n) is 3.74. The Morgan fingerprint density at radius 2 is 2.29 bits per heavy atom. The number of nitrogens with one attached hydrogen (secondary N) is 2. The molecule has 0 radical (unpaired) electrons. The van der Waals surface area contributed by atoms with Gasteiger partial charge in [-0.25, -0.2) is 0 Å². The summed E-state index contributed by atoms with van der Waals surface area (Å²) in [4.78, 5) is 5.86. The van der Waals surface area contributed by atoms with Crippen molar-refractivity contribution >= 4 is 16.6 Å². The van der Waals surface area contributed by atoms with Gasteiger partial charge in [0.15, 0.2) is 0 Å². The highest BCUT2D eigenvalue weighted by atomic mass is 16.3. The standard InChI is InChI=1S/C20H23N3O/c1-23-8-2-4-16(23)12-15-13-22-19-7-6-14(10-17(15)19)11-18(21)20-5-3-9-24-20/h3,5-7,9-10,13,16,21-22H,2,4,8,11-12H2,1H3. The number of rotatable bonds is 5. The number of H-pyrrole nitrogens is 1. The molecule has 3 heterocycles. The summed E-state index contributed by atoms with van der Waals surface area (Å²) in [7, 11) is 2.22. The van der Waals surface area contributed by atoms with E-state index in [1.165, 1.54) is 35.9 Å². The van der Waals surface area contributed by atoms with Crippen LogP contribution in [-0.4, -0.2) is 35.2 Å². The van der Waals surface area contributed by atoms with Crippen molar-refractivity contribution in [3.8, 4) is 0 Å². The molecule has 0 bridgehead atoms. The Bertz CT molecular complexity index is 847. The summed E-state index contributed by atoms with van der Waals surface area (Å²) in [6.45, 7) is 1.21. The fraction of sp³-hybridized carbons (Fsp3) is 0.350. The third-order valence-corrected chi connectivity index (χ3v) is 5.16. The molecule has 0 spiro atoms. The zero-order chi connectivity index (χ0) is 16.5. The van der Waals surface area contributed by atoms with E-state index >= 15 is 0 Å². The van der Waals surface area contributed by atoms with E-state index < -0.39 is 0 Å². The topological polar surface area (TPSA) is 56.0 Å². The summed E-state index contributed by atoms with van der Waals surface area (Å²) in [5.74, 6) is 0.650. The molecule has 4 rings (SSSR count). The fourth-order valence-corrected chi connectivity index (χ4v) is 3.74. The SMILES string of the molecule is CN1CCCC1Cc1c[nH]c2ccc(CC(=N)c3ccco3)cc12. The monoisotopic (exact) mass is 321 g/mol. The van der Waals surface area contributed by atoms with Crippen LogP contribution in [0.5, 0.6) is 0 Å². The number of aromatic amines is 1. The first-order valence-corrected chi connectivity index (χ1v) is 8.61. The molecule has 24 heavy (non-hydrogen) atoms. The maximum Gasteiger partial charge on any atom is 0.147 e. The Morgan fingerprint density at radius 3 is 3.04 bits per heavy atom. The summed E-state index contributed by atoms with van der Waals surface area (Å²) >= 11 is 0. The lowest BCUT2D eigenvalue weighted by Gasteiger charge is -2.18. The molecule has 1 aromatic carbocycles. The molecule has 2 N–H and O–H groups in total. The highest BCUT2D eigenvalue weighted by Crippen LogP contribution is 2.26. The van der Waals surface area contributed by atoms with Gasteiger partial charge in [0, 0.05) is 29.6 Å². The highest BCUT2D eigenvalue weighted by molar-refractivity contribution is 5.97. The number of benzene rings is 1. The molecule has 2 aromatic heterocycles. The van der Waals surface area contributed by atoms with Crippen molar-refractivity contribution in [1.29, 1.82) is 5.41 Å². The van der Waals surface area contributed by atoms with Gasteiger partial charge in [0.2, 0.25) is 0 Å². The normalized spacial score (nSPS) is 18.5. The predicted molar refractivity (Wildman–Crippen MR) is 96.9 cm³/mol. The number of likely N-dealkylation sites (N-methyl/N-ethyl adjacent to an activating group) is 1. The van der Waals surface area contributed by atoms with E-state index in [1.54, 1.807) is 6.26 Å². The highest BCUT2D eigenvalue weighted by Gasteiger charge is 2.22. The summed E-state index contributed by atoms with van der Waals surface area (Å²) in [6, 6.07) is 10.8.